The van der Waals surface area contributed by atoms with Gasteiger partial charge in [-0.15, -0.1) is 0 Å². The van der Waals surface area contributed by atoms with E-state index in [1.165, 1.54) is 6.20 Å². The highest BCUT2D eigenvalue weighted by Crippen LogP contribution is 2.06. The molecule has 0 saturated carbocycles. The summed E-state index contributed by atoms with van der Waals surface area (Å²) in [6.45, 7) is 1.58. The average Bonchev–Trinajstić information content (AvgIpc) is 2.62. The highest BCUT2D eigenvalue weighted by atomic mass is 16.5. The number of amides is 2. The van der Waals surface area contributed by atoms with Crippen molar-refractivity contribution in [3.63, 3.8) is 0 Å². The van der Waals surface area contributed by atoms with Crippen molar-refractivity contribution in [2.45, 2.75) is 19.4 Å². The summed E-state index contributed by atoms with van der Waals surface area (Å²) >= 11 is 0. The van der Waals surface area contributed by atoms with Crippen molar-refractivity contribution >= 4 is 17.8 Å². The molecule has 8 nitrogen and oxygen atoms in total. The fourth-order valence-corrected chi connectivity index (χ4v) is 1.13. The van der Waals surface area contributed by atoms with E-state index in [9.17, 15) is 14.4 Å². The number of nitrogens with two attached hydrogens (primary N) is 1. The van der Waals surface area contributed by atoms with Gasteiger partial charge in [0.05, 0.1) is 12.6 Å². The Morgan fingerprint density at radius 1 is 1.59 bits per heavy atom. The number of nitrogens with one attached hydrogen (secondary N) is 1. The number of primary amides is 1. The van der Waals surface area contributed by atoms with Crippen molar-refractivity contribution < 1.29 is 24.0 Å². The van der Waals surface area contributed by atoms with Crippen LogP contribution in [0, 0.1) is 6.92 Å². The summed E-state index contributed by atoms with van der Waals surface area (Å²) in [4.78, 5) is 32.9. The number of carboxylic acids is 1. The van der Waals surface area contributed by atoms with Gasteiger partial charge in [0.15, 0.2) is 0 Å². The van der Waals surface area contributed by atoms with Crippen LogP contribution in [0.3, 0.4) is 0 Å². The Bertz CT molecular complexity index is 453. The van der Waals surface area contributed by atoms with Crippen molar-refractivity contribution in [2.75, 3.05) is 0 Å². The number of carboxylic acid groups (broad SMARTS) is 1. The standard InChI is InChI=1S/C9H11N3O5/c1-4-3-11-17-7(4)8(14)12-5(9(15)16)2-6(10)13/h3,5H,2H2,1H3,(H2,10,13)(H,12,14)(H,15,16)/t5-/m0/s1. The molecule has 0 saturated heterocycles. The number of nitrogens with zero attached hydrogens (tertiary/aromatic N) is 1. The van der Waals surface area contributed by atoms with Crippen molar-refractivity contribution in [2.24, 2.45) is 5.73 Å². The lowest BCUT2D eigenvalue weighted by Gasteiger charge is -2.11. The van der Waals surface area contributed by atoms with Crippen molar-refractivity contribution in [3.8, 4) is 0 Å². The zero-order valence-electron chi connectivity index (χ0n) is 8.97. The van der Waals surface area contributed by atoms with Crippen LogP contribution >= 0.6 is 0 Å². The summed E-state index contributed by atoms with van der Waals surface area (Å²) in [5.41, 5.74) is 5.33. The van der Waals surface area contributed by atoms with Crippen LogP contribution in [-0.2, 0) is 9.59 Å². The molecule has 1 atom stereocenters. The summed E-state index contributed by atoms with van der Waals surface area (Å²) in [6.07, 6.45) is 0.826. The normalized spacial score (nSPS) is 11.8. The van der Waals surface area contributed by atoms with Crippen LogP contribution in [0.5, 0.6) is 0 Å². The van der Waals surface area contributed by atoms with E-state index in [2.05, 4.69) is 15.0 Å². The maximum Gasteiger partial charge on any atom is 0.326 e. The van der Waals surface area contributed by atoms with Gasteiger partial charge >= 0.3 is 5.97 Å². The van der Waals surface area contributed by atoms with E-state index in [0.717, 1.165) is 0 Å². The molecule has 0 radical (unpaired) electrons. The highest BCUT2D eigenvalue weighted by molar-refractivity contribution is 5.96. The Balaban J connectivity index is 2.74. The summed E-state index contributed by atoms with van der Waals surface area (Å²) in [5.74, 6) is -3.03. The lowest BCUT2D eigenvalue weighted by Crippen LogP contribution is -2.43. The Labute approximate surface area is 95.8 Å². The van der Waals surface area contributed by atoms with Gasteiger partial charge < -0.3 is 20.7 Å². The molecule has 0 aliphatic heterocycles. The SMILES string of the molecule is Cc1cnoc1C(=O)N[C@@H](CC(N)=O)C(=O)O. The summed E-state index contributed by atoms with van der Waals surface area (Å²) in [7, 11) is 0. The molecule has 0 bridgehead atoms. The minimum Gasteiger partial charge on any atom is -0.480 e. The Kier molecular flexibility index (Phi) is 3.81. The average molecular weight is 241 g/mol. The van der Waals surface area contributed by atoms with Gasteiger partial charge in [-0.25, -0.2) is 4.79 Å². The molecular weight excluding hydrogens is 230 g/mol. The molecule has 1 aromatic heterocycles. The highest BCUT2D eigenvalue weighted by Gasteiger charge is 2.25. The number of hydrogen-bond acceptors (Lipinski definition) is 5. The molecule has 0 aliphatic rings. The molecule has 4 N–H and O–H groups in total. The van der Waals surface area contributed by atoms with Crippen molar-refractivity contribution in [1.29, 1.82) is 0 Å². The second-order valence-electron chi connectivity index (χ2n) is 3.37. The Hall–Kier alpha value is -2.38. The predicted octanol–water partition coefficient (Wildman–Crippen LogP) is -0.959. The van der Waals surface area contributed by atoms with Gasteiger partial charge in [-0.2, -0.15) is 0 Å². The van der Waals surface area contributed by atoms with E-state index in [-0.39, 0.29) is 5.76 Å². The molecule has 0 fully saturated rings. The molecule has 0 aromatic carbocycles. The monoisotopic (exact) mass is 241 g/mol. The van der Waals surface area contributed by atoms with E-state index in [1.54, 1.807) is 6.92 Å². The van der Waals surface area contributed by atoms with Gasteiger partial charge in [0, 0.05) is 5.56 Å². The van der Waals surface area contributed by atoms with Gasteiger partial charge in [0.2, 0.25) is 11.7 Å². The quantitative estimate of drug-likeness (QED) is 0.607. The van der Waals surface area contributed by atoms with Crippen LogP contribution < -0.4 is 11.1 Å². The molecule has 8 heteroatoms. The van der Waals surface area contributed by atoms with E-state index in [1.807, 2.05) is 0 Å². The first-order valence-electron chi connectivity index (χ1n) is 4.65. The van der Waals surface area contributed by atoms with E-state index >= 15 is 0 Å². The number of carbonyl (C=O) groups is 3. The third-order valence-electron chi connectivity index (χ3n) is 1.96. The lowest BCUT2D eigenvalue weighted by molar-refractivity contribution is -0.140. The molecule has 0 unspecified atom stereocenters. The zero-order chi connectivity index (χ0) is 13.0. The van der Waals surface area contributed by atoms with Crippen LogP contribution in [0.25, 0.3) is 0 Å². The number of aryl methyl sites for hydroxylation is 1. The van der Waals surface area contributed by atoms with Gasteiger partial charge in [-0.05, 0) is 6.92 Å². The molecule has 1 heterocycles. The molecule has 1 aromatic rings. The molecule has 17 heavy (non-hydrogen) atoms. The van der Waals surface area contributed by atoms with Gasteiger partial charge in [-0.3, -0.25) is 9.59 Å². The topological polar surface area (TPSA) is 136 Å². The van der Waals surface area contributed by atoms with Gasteiger partial charge in [-0.1, -0.05) is 5.16 Å². The van der Waals surface area contributed by atoms with Crippen LogP contribution in [0.1, 0.15) is 22.5 Å². The largest absolute Gasteiger partial charge is 0.480 e. The first kappa shape index (κ1) is 12.7. The fourth-order valence-electron chi connectivity index (χ4n) is 1.13. The van der Waals surface area contributed by atoms with E-state index < -0.39 is 30.2 Å². The maximum atomic E-state index is 11.6. The third-order valence-corrected chi connectivity index (χ3v) is 1.96. The van der Waals surface area contributed by atoms with Crippen LogP contribution in [0.4, 0.5) is 0 Å². The van der Waals surface area contributed by atoms with Crippen molar-refractivity contribution in [1.82, 2.24) is 10.5 Å². The summed E-state index contributed by atoms with van der Waals surface area (Å²) in [6, 6.07) is -1.38. The minimum absolute atomic E-state index is 0.0966. The number of aromatic nitrogens is 1. The number of rotatable bonds is 5. The summed E-state index contributed by atoms with van der Waals surface area (Å²) < 4.78 is 4.64. The second-order valence-corrected chi connectivity index (χ2v) is 3.37. The smallest absolute Gasteiger partial charge is 0.326 e. The lowest BCUT2D eigenvalue weighted by atomic mass is 10.2. The Morgan fingerprint density at radius 3 is 2.65 bits per heavy atom. The van der Waals surface area contributed by atoms with Crippen LogP contribution in [0.2, 0.25) is 0 Å². The van der Waals surface area contributed by atoms with Crippen LogP contribution in [0.15, 0.2) is 10.7 Å². The first-order chi connectivity index (χ1) is 7.91. The number of hydrogen-bond donors (Lipinski definition) is 3. The minimum atomic E-state index is -1.38. The van der Waals surface area contributed by atoms with Gasteiger partial charge in [0.25, 0.3) is 5.91 Å². The molecule has 92 valence electrons. The predicted molar refractivity (Wildman–Crippen MR) is 53.9 cm³/mol. The molecule has 0 aliphatic carbocycles. The fraction of sp³-hybridized carbons (Fsp3) is 0.333. The zero-order valence-corrected chi connectivity index (χ0v) is 8.97. The van der Waals surface area contributed by atoms with Crippen molar-refractivity contribution in [3.05, 3.63) is 17.5 Å². The van der Waals surface area contributed by atoms with E-state index in [0.29, 0.717) is 5.56 Å². The van der Waals surface area contributed by atoms with Gasteiger partial charge in [0.1, 0.15) is 6.04 Å². The molecule has 2 amide bonds. The second kappa shape index (κ2) is 5.10. The van der Waals surface area contributed by atoms with Crippen LogP contribution in [-0.4, -0.2) is 34.1 Å². The number of carbonyl (C=O) groups excluding carboxylic acids is 2. The molecular formula is C9H11N3O5. The van der Waals surface area contributed by atoms with E-state index in [4.69, 9.17) is 10.8 Å². The molecule has 1 rings (SSSR count). The summed E-state index contributed by atoms with van der Waals surface area (Å²) in [5, 5.41) is 14.3. The Morgan fingerprint density at radius 2 is 2.24 bits per heavy atom. The third kappa shape index (κ3) is 3.30. The maximum absolute atomic E-state index is 11.6. The first-order valence-corrected chi connectivity index (χ1v) is 4.65. The number of aliphatic carboxylic acids is 1. The molecule has 0 spiro atoms.